The number of piperidine rings is 1. The van der Waals surface area contributed by atoms with Crippen LogP contribution in [0.5, 0.6) is 0 Å². The normalized spacial score (nSPS) is 28.5. The molecule has 0 radical (unpaired) electrons. The topological polar surface area (TPSA) is 67.7 Å². The van der Waals surface area contributed by atoms with E-state index in [1.165, 1.54) is 15.2 Å². The molecule has 3 rings (SSSR count). The number of hydrogen-bond acceptors (Lipinski definition) is 5. The molecule has 0 saturated carbocycles. The Labute approximate surface area is 129 Å². The molecule has 2 saturated heterocycles. The summed E-state index contributed by atoms with van der Waals surface area (Å²) in [5.41, 5.74) is 0. The van der Waals surface area contributed by atoms with Crippen molar-refractivity contribution >= 4 is 21.6 Å². The number of aromatic nitrogens is 2. The number of rotatable bonds is 2. The minimum atomic E-state index is -3.66. The molecule has 3 heterocycles. The second-order valence-electron chi connectivity index (χ2n) is 5.56. The number of likely N-dealkylation sites (N-methyl/N-ethyl adjacent to an activating group) is 1. The first-order valence-electron chi connectivity index (χ1n) is 6.90. The summed E-state index contributed by atoms with van der Waals surface area (Å²) in [6, 6.07) is 0.0877. The van der Waals surface area contributed by atoms with Crippen LogP contribution in [0, 0.1) is 0 Å². The van der Waals surface area contributed by atoms with Crippen molar-refractivity contribution in [1.29, 1.82) is 0 Å². The molecule has 2 aliphatic heterocycles. The Balaban J connectivity index is 1.85. The third-order valence-electron chi connectivity index (χ3n) is 4.24. The van der Waals surface area contributed by atoms with Crippen molar-refractivity contribution < 1.29 is 13.2 Å². The van der Waals surface area contributed by atoms with Crippen LogP contribution in [0.25, 0.3) is 0 Å². The van der Waals surface area contributed by atoms with Gasteiger partial charge < -0.3 is 9.30 Å². The van der Waals surface area contributed by atoms with E-state index in [1.54, 1.807) is 7.05 Å². The summed E-state index contributed by atoms with van der Waals surface area (Å²) in [6.45, 7) is 2.37. The van der Waals surface area contributed by atoms with Crippen LogP contribution in [0.2, 0.25) is 5.15 Å². The van der Waals surface area contributed by atoms with Gasteiger partial charge in [0.2, 0.25) is 5.03 Å². The van der Waals surface area contributed by atoms with Crippen molar-refractivity contribution in [2.75, 3.05) is 33.3 Å². The fraction of sp³-hybridized carbons (Fsp3) is 0.750. The van der Waals surface area contributed by atoms with E-state index >= 15 is 0 Å². The molecule has 0 aromatic carbocycles. The van der Waals surface area contributed by atoms with Gasteiger partial charge >= 0.3 is 0 Å². The molecule has 0 aliphatic carbocycles. The lowest BCUT2D eigenvalue weighted by atomic mass is 10.0. The van der Waals surface area contributed by atoms with Gasteiger partial charge in [0.15, 0.2) is 0 Å². The molecule has 0 N–H and O–H groups in total. The van der Waals surface area contributed by atoms with Crippen LogP contribution in [0.1, 0.15) is 6.42 Å². The van der Waals surface area contributed by atoms with Crippen molar-refractivity contribution in [3.63, 3.8) is 0 Å². The zero-order chi connectivity index (χ0) is 15.2. The number of morpholine rings is 1. The molecule has 21 heavy (non-hydrogen) atoms. The third kappa shape index (κ3) is 2.59. The highest BCUT2D eigenvalue weighted by molar-refractivity contribution is 7.89. The number of fused-ring (bicyclic) bond motifs is 1. The van der Waals surface area contributed by atoms with Gasteiger partial charge in [0, 0.05) is 32.7 Å². The lowest BCUT2D eigenvalue weighted by Gasteiger charge is -2.44. The molecule has 9 heteroatoms. The van der Waals surface area contributed by atoms with Crippen molar-refractivity contribution in [1.82, 2.24) is 18.8 Å². The van der Waals surface area contributed by atoms with E-state index in [2.05, 4.69) is 9.88 Å². The molecule has 7 nitrogen and oxygen atoms in total. The summed E-state index contributed by atoms with van der Waals surface area (Å²) in [6.07, 6.45) is 2.21. The molecular formula is C12H19ClN4O3S. The predicted molar refractivity (Wildman–Crippen MR) is 77.8 cm³/mol. The van der Waals surface area contributed by atoms with E-state index in [9.17, 15) is 8.42 Å². The molecule has 2 aliphatic rings. The summed E-state index contributed by atoms with van der Waals surface area (Å²) < 4.78 is 34.1. The second kappa shape index (κ2) is 5.51. The lowest BCUT2D eigenvalue weighted by Crippen LogP contribution is -2.59. The molecule has 2 fully saturated rings. The van der Waals surface area contributed by atoms with Crippen molar-refractivity contribution in [3.8, 4) is 0 Å². The number of imidazole rings is 1. The van der Waals surface area contributed by atoms with Crippen molar-refractivity contribution in [2.24, 2.45) is 7.05 Å². The third-order valence-corrected chi connectivity index (χ3v) is 6.60. The van der Waals surface area contributed by atoms with Gasteiger partial charge in [-0.1, -0.05) is 11.6 Å². The first-order valence-corrected chi connectivity index (χ1v) is 8.72. The number of halogens is 1. The second-order valence-corrected chi connectivity index (χ2v) is 7.77. The summed E-state index contributed by atoms with van der Waals surface area (Å²) in [4.78, 5) is 6.10. The van der Waals surface area contributed by atoms with Crippen LogP contribution in [-0.2, 0) is 21.8 Å². The van der Waals surface area contributed by atoms with Crippen LogP contribution < -0.4 is 0 Å². The zero-order valence-corrected chi connectivity index (χ0v) is 13.6. The van der Waals surface area contributed by atoms with Crippen LogP contribution >= 0.6 is 11.6 Å². The highest BCUT2D eigenvalue weighted by Gasteiger charge is 2.41. The van der Waals surface area contributed by atoms with Gasteiger partial charge in [-0.05, 0) is 13.5 Å². The fourth-order valence-corrected chi connectivity index (χ4v) is 4.78. The number of aryl methyl sites for hydroxylation is 1. The summed E-state index contributed by atoms with van der Waals surface area (Å²) in [7, 11) is 0.0154. The number of nitrogens with zero attached hydrogens (tertiary/aromatic N) is 4. The average molecular weight is 335 g/mol. The highest BCUT2D eigenvalue weighted by Crippen LogP contribution is 2.28. The Morgan fingerprint density at radius 3 is 2.81 bits per heavy atom. The minimum Gasteiger partial charge on any atom is -0.375 e. The fourth-order valence-electron chi connectivity index (χ4n) is 2.92. The Morgan fingerprint density at radius 2 is 2.14 bits per heavy atom. The number of sulfonamides is 1. The van der Waals surface area contributed by atoms with Gasteiger partial charge in [-0.2, -0.15) is 4.31 Å². The van der Waals surface area contributed by atoms with Crippen LogP contribution in [0.3, 0.4) is 0 Å². The molecule has 118 valence electrons. The standard InChI is InChI=1S/C12H19ClN4O3S/c1-15-5-6-20-10-3-4-17(7-9(10)15)21(18,19)12-11(13)16(2)8-14-12/h8-10H,3-7H2,1-2H3/t9-,10-/m1/s1. The Hall–Kier alpha value is -0.670. The molecule has 1 aromatic heterocycles. The summed E-state index contributed by atoms with van der Waals surface area (Å²) in [5.74, 6) is 0. The lowest BCUT2D eigenvalue weighted by molar-refractivity contribution is -0.0840. The Morgan fingerprint density at radius 1 is 1.38 bits per heavy atom. The first kappa shape index (κ1) is 15.2. The predicted octanol–water partition coefficient (Wildman–Crippen LogP) is 0.167. The van der Waals surface area contributed by atoms with E-state index in [1.807, 2.05) is 7.05 Å². The molecule has 0 amide bonds. The first-order chi connectivity index (χ1) is 9.91. The average Bonchev–Trinajstić information content (AvgIpc) is 2.79. The van der Waals surface area contributed by atoms with Gasteiger partial charge in [-0.25, -0.2) is 13.4 Å². The van der Waals surface area contributed by atoms with Gasteiger partial charge in [0.05, 0.1) is 19.0 Å². The SMILES string of the molecule is CN1CCO[C@@H]2CCN(S(=O)(=O)c3ncn(C)c3Cl)C[C@H]21. The maximum atomic E-state index is 12.7. The molecule has 0 unspecified atom stereocenters. The highest BCUT2D eigenvalue weighted by atomic mass is 35.5. The van der Waals surface area contributed by atoms with Crippen molar-refractivity contribution in [2.45, 2.75) is 23.6 Å². The molecular weight excluding hydrogens is 316 g/mol. The molecule has 2 atom stereocenters. The summed E-state index contributed by atoms with van der Waals surface area (Å²) in [5, 5.41) is 0.0786. The number of hydrogen-bond donors (Lipinski definition) is 0. The minimum absolute atomic E-state index is 0.0653. The smallest absolute Gasteiger partial charge is 0.263 e. The Bertz CT molecular complexity index is 632. The Kier molecular flexibility index (Phi) is 4.00. The maximum Gasteiger partial charge on any atom is 0.263 e. The zero-order valence-electron chi connectivity index (χ0n) is 12.1. The maximum absolute atomic E-state index is 12.7. The molecule has 0 bridgehead atoms. The van der Waals surface area contributed by atoms with E-state index < -0.39 is 10.0 Å². The van der Waals surface area contributed by atoms with Gasteiger partial charge in [0.1, 0.15) is 5.15 Å². The van der Waals surface area contributed by atoms with Crippen molar-refractivity contribution in [3.05, 3.63) is 11.5 Å². The van der Waals surface area contributed by atoms with Gasteiger partial charge in [0.25, 0.3) is 10.0 Å². The van der Waals surface area contributed by atoms with Crippen LogP contribution in [-0.4, -0.2) is 72.6 Å². The van der Waals surface area contributed by atoms with E-state index in [0.717, 1.165) is 6.54 Å². The van der Waals surface area contributed by atoms with E-state index in [-0.39, 0.29) is 22.3 Å². The summed E-state index contributed by atoms with van der Waals surface area (Å²) >= 11 is 6.04. The molecule has 1 aromatic rings. The molecule has 0 spiro atoms. The monoisotopic (exact) mass is 334 g/mol. The van der Waals surface area contributed by atoms with Crippen LogP contribution in [0.15, 0.2) is 11.4 Å². The van der Waals surface area contributed by atoms with E-state index in [0.29, 0.717) is 26.1 Å². The largest absolute Gasteiger partial charge is 0.375 e. The number of ether oxygens (including phenoxy) is 1. The van der Waals surface area contributed by atoms with Gasteiger partial charge in [-0.3, -0.25) is 4.90 Å². The van der Waals surface area contributed by atoms with Gasteiger partial charge in [-0.15, -0.1) is 0 Å². The quantitative estimate of drug-likeness (QED) is 0.771. The van der Waals surface area contributed by atoms with Crippen LogP contribution in [0.4, 0.5) is 0 Å². The van der Waals surface area contributed by atoms with E-state index in [4.69, 9.17) is 16.3 Å².